The molecule has 3 rings (SSSR count). The highest BCUT2D eigenvalue weighted by Crippen LogP contribution is 2.35. The molecule has 0 amide bonds. The molecule has 0 N–H and O–H groups in total. The summed E-state index contributed by atoms with van der Waals surface area (Å²) in [6, 6.07) is 9.83. The minimum Gasteiger partial charge on any atom is -0.427 e. The number of benzene rings is 1. The Morgan fingerprint density at radius 1 is 1.00 bits per heavy atom. The summed E-state index contributed by atoms with van der Waals surface area (Å²) in [7, 11) is 4.01. The van der Waals surface area contributed by atoms with Gasteiger partial charge in [0.2, 0.25) is 0 Å². The van der Waals surface area contributed by atoms with E-state index in [1.165, 1.54) is 12.0 Å². The Kier molecular flexibility index (Phi) is 3.82. The molecule has 0 fully saturated rings. The summed E-state index contributed by atoms with van der Waals surface area (Å²) < 4.78 is 5.67. The minimum atomic E-state index is -0.217. The van der Waals surface area contributed by atoms with E-state index >= 15 is 0 Å². The van der Waals surface area contributed by atoms with E-state index < -0.39 is 0 Å². The van der Waals surface area contributed by atoms with Crippen LogP contribution in [-0.2, 0) is 12.8 Å². The van der Waals surface area contributed by atoms with Crippen LogP contribution >= 0.6 is 0 Å². The van der Waals surface area contributed by atoms with Crippen LogP contribution in [0.5, 0.6) is 0 Å². The van der Waals surface area contributed by atoms with Gasteiger partial charge in [0.25, 0.3) is 0 Å². The van der Waals surface area contributed by atoms with Gasteiger partial charge in [-0.2, -0.15) is 0 Å². The molecule has 2 aromatic rings. The SMILES string of the molecule is CN(C)c1c2c(oc(=O)c1-c1ccccc1)CCCCC2. The van der Waals surface area contributed by atoms with E-state index in [2.05, 4.69) is 4.90 Å². The molecule has 1 aromatic heterocycles. The zero-order chi connectivity index (χ0) is 14.8. The summed E-state index contributed by atoms with van der Waals surface area (Å²) in [6.07, 6.45) is 5.34. The third-order valence-electron chi connectivity index (χ3n) is 4.12. The Balaban J connectivity index is 2.29. The average molecular weight is 283 g/mol. The van der Waals surface area contributed by atoms with Crippen LogP contribution in [0.3, 0.4) is 0 Å². The van der Waals surface area contributed by atoms with Gasteiger partial charge in [0.1, 0.15) is 5.76 Å². The van der Waals surface area contributed by atoms with E-state index in [0.717, 1.165) is 42.7 Å². The fourth-order valence-electron chi connectivity index (χ4n) is 3.18. The van der Waals surface area contributed by atoms with Crippen LogP contribution in [-0.4, -0.2) is 14.1 Å². The van der Waals surface area contributed by atoms with Gasteiger partial charge in [-0.1, -0.05) is 36.8 Å². The maximum absolute atomic E-state index is 12.5. The Morgan fingerprint density at radius 2 is 1.71 bits per heavy atom. The van der Waals surface area contributed by atoms with E-state index in [1.807, 2.05) is 44.4 Å². The quantitative estimate of drug-likeness (QED) is 0.789. The summed E-state index contributed by atoms with van der Waals surface area (Å²) in [4.78, 5) is 14.6. The summed E-state index contributed by atoms with van der Waals surface area (Å²) in [5.41, 5.74) is 3.67. The summed E-state index contributed by atoms with van der Waals surface area (Å²) in [6.45, 7) is 0. The molecule has 0 atom stereocenters. The first-order chi connectivity index (χ1) is 10.2. The molecule has 1 aromatic carbocycles. The maximum Gasteiger partial charge on any atom is 0.345 e. The summed E-state index contributed by atoms with van der Waals surface area (Å²) in [5, 5.41) is 0. The Labute approximate surface area is 125 Å². The molecular weight excluding hydrogens is 262 g/mol. The fourth-order valence-corrected chi connectivity index (χ4v) is 3.18. The van der Waals surface area contributed by atoms with Crippen molar-refractivity contribution >= 4 is 5.69 Å². The van der Waals surface area contributed by atoms with Gasteiger partial charge in [0.05, 0.1) is 11.3 Å². The molecule has 21 heavy (non-hydrogen) atoms. The monoisotopic (exact) mass is 283 g/mol. The van der Waals surface area contributed by atoms with Crippen molar-refractivity contribution in [1.82, 2.24) is 0 Å². The molecule has 3 nitrogen and oxygen atoms in total. The van der Waals surface area contributed by atoms with Crippen molar-refractivity contribution in [2.75, 3.05) is 19.0 Å². The lowest BCUT2D eigenvalue weighted by Gasteiger charge is -2.22. The highest BCUT2D eigenvalue weighted by atomic mass is 16.4. The predicted octanol–water partition coefficient (Wildman–Crippen LogP) is 3.64. The molecule has 0 spiro atoms. The third kappa shape index (κ3) is 2.60. The number of aryl methyl sites for hydroxylation is 1. The second-order valence-electron chi connectivity index (χ2n) is 5.84. The highest BCUT2D eigenvalue weighted by Gasteiger charge is 2.23. The van der Waals surface area contributed by atoms with E-state index in [4.69, 9.17) is 4.42 Å². The van der Waals surface area contributed by atoms with Gasteiger partial charge < -0.3 is 9.32 Å². The molecular formula is C18H21NO2. The average Bonchev–Trinajstić information content (AvgIpc) is 2.71. The van der Waals surface area contributed by atoms with Crippen molar-refractivity contribution in [3.8, 4) is 11.1 Å². The molecule has 110 valence electrons. The summed E-state index contributed by atoms with van der Waals surface area (Å²) in [5.74, 6) is 0.890. The van der Waals surface area contributed by atoms with Crippen molar-refractivity contribution in [2.45, 2.75) is 32.1 Å². The molecule has 0 saturated carbocycles. The number of anilines is 1. The van der Waals surface area contributed by atoms with E-state index in [1.54, 1.807) is 0 Å². The first kappa shape index (κ1) is 13.9. The maximum atomic E-state index is 12.5. The molecule has 1 aliphatic carbocycles. The van der Waals surface area contributed by atoms with E-state index in [9.17, 15) is 4.79 Å². The zero-order valence-corrected chi connectivity index (χ0v) is 12.7. The van der Waals surface area contributed by atoms with Crippen molar-refractivity contribution in [1.29, 1.82) is 0 Å². The lowest BCUT2D eigenvalue weighted by atomic mass is 9.98. The van der Waals surface area contributed by atoms with Gasteiger partial charge >= 0.3 is 5.63 Å². The van der Waals surface area contributed by atoms with Crippen LogP contribution in [0.1, 0.15) is 30.6 Å². The standard InChI is InChI=1S/C18H21NO2/c1-19(2)17-14-11-7-4-8-12-15(14)21-18(20)16(17)13-9-5-3-6-10-13/h3,5-6,9-10H,4,7-8,11-12H2,1-2H3. The van der Waals surface area contributed by atoms with Crippen molar-refractivity contribution < 1.29 is 4.42 Å². The van der Waals surface area contributed by atoms with Gasteiger partial charge in [-0.3, -0.25) is 0 Å². The lowest BCUT2D eigenvalue weighted by molar-refractivity contribution is 0.454. The first-order valence-electron chi connectivity index (χ1n) is 7.60. The molecule has 0 radical (unpaired) electrons. The lowest BCUT2D eigenvalue weighted by Crippen LogP contribution is -2.19. The molecule has 0 aliphatic heterocycles. The number of rotatable bonds is 2. The van der Waals surface area contributed by atoms with Crippen LogP contribution in [0.25, 0.3) is 11.1 Å². The second kappa shape index (κ2) is 5.76. The van der Waals surface area contributed by atoms with Crippen molar-refractivity contribution in [2.24, 2.45) is 0 Å². The highest BCUT2D eigenvalue weighted by molar-refractivity contribution is 5.80. The fraction of sp³-hybridized carbons (Fsp3) is 0.389. The Bertz CT molecular complexity index is 686. The van der Waals surface area contributed by atoms with Gasteiger partial charge in [0, 0.05) is 26.1 Å². The number of fused-ring (bicyclic) bond motifs is 1. The second-order valence-corrected chi connectivity index (χ2v) is 5.84. The van der Waals surface area contributed by atoms with Crippen LogP contribution in [0.15, 0.2) is 39.5 Å². The van der Waals surface area contributed by atoms with Gasteiger partial charge in [-0.25, -0.2) is 4.79 Å². The molecule has 0 bridgehead atoms. The van der Waals surface area contributed by atoms with Crippen LogP contribution < -0.4 is 10.5 Å². The van der Waals surface area contributed by atoms with Gasteiger partial charge in [-0.05, 0) is 24.8 Å². The number of hydrogen-bond acceptors (Lipinski definition) is 3. The zero-order valence-electron chi connectivity index (χ0n) is 12.7. The Hall–Kier alpha value is -2.03. The predicted molar refractivity (Wildman–Crippen MR) is 86.0 cm³/mol. The topological polar surface area (TPSA) is 33.5 Å². The normalized spacial score (nSPS) is 14.4. The summed E-state index contributed by atoms with van der Waals surface area (Å²) >= 11 is 0. The molecule has 0 unspecified atom stereocenters. The van der Waals surface area contributed by atoms with E-state index in [0.29, 0.717) is 5.56 Å². The van der Waals surface area contributed by atoms with Crippen molar-refractivity contribution in [3.63, 3.8) is 0 Å². The first-order valence-corrected chi connectivity index (χ1v) is 7.60. The van der Waals surface area contributed by atoms with Crippen molar-refractivity contribution in [3.05, 3.63) is 52.1 Å². The molecule has 1 heterocycles. The Morgan fingerprint density at radius 3 is 2.43 bits per heavy atom. The number of nitrogens with zero attached hydrogens (tertiary/aromatic N) is 1. The molecule has 1 aliphatic rings. The van der Waals surface area contributed by atoms with Crippen LogP contribution in [0.4, 0.5) is 5.69 Å². The van der Waals surface area contributed by atoms with Crippen LogP contribution in [0.2, 0.25) is 0 Å². The van der Waals surface area contributed by atoms with E-state index in [-0.39, 0.29) is 5.63 Å². The van der Waals surface area contributed by atoms with Gasteiger partial charge in [-0.15, -0.1) is 0 Å². The largest absolute Gasteiger partial charge is 0.427 e. The smallest absolute Gasteiger partial charge is 0.345 e. The minimum absolute atomic E-state index is 0.217. The molecule has 3 heteroatoms. The van der Waals surface area contributed by atoms with Gasteiger partial charge in [0.15, 0.2) is 0 Å². The van der Waals surface area contributed by atoms with Crippen LogP contribution in [0, 0.1) is 0 Å². The number of hydrogen-bond donors (Lipinski definition) is 0. The molecule has 0 saturated heterocycles. The third-order valence-corrected chi connectivity index (χ3v) is 4.12.